The Bertz CT molecular complexity index is 758. The molecule has 7 heteroatoms. The average Bonchev–Trinajstić information content (AvgIpc) is 2.44. The van der Waals surface area contributed by atoms with Crippen LogP contribution in [0.4, 0.5) is 14.5 Å². The number of hydrogen-bond donors (Lipinski definition) is 2. The minimum Gasteiger partial charge on any atom is -0.386 e. The van der Waals surface area contributed by atoms with Crippen molar-refractivity contribution in [1.82, 2.24) is 0 Å². The number of anilines is 1. The maximum Gasteiger partial charge on any atom is 0.177 e. The zero-order valence-electron chi connectivity index (χ0n) is 11.8. The molecule has 1 unspecified atom stereocenters. The topological polar surface area (TPSA) is 66.4 Å². The first kappa shape index (κ1) is 16.4. The lowest BCUT2D eigenvalue weighted by atomic mass is 10.1. The van der Waals surface area contributed by atoms with Gasteiger partial charge in [0.2, 0.25) is 0 Å². The summed E-state index contributed by atoms with van der Waals surface area (Å²) in [7, 11) is -3.45. The van der Waals surface area contributed by atoms with E-state index in [1.165, 1.54) is 18.2 Å². The van der Waals surface area contributed by atoms with Gasteiger partial charge in [-0.3, -0.25) is 0 Å². The molecule has 0 aliphatic rings. The highest BCUT2D eigenvalue weighted by Crippen LogP contribution is 2.24. The molecule has 1 atom stereocenters. The van der Waals surface area contributed by atoms with E-state index in [-0.39, 0.29) is 17.1 Å². The molecule has 22 heavy (non-hydrogen) atoms. The minimum atomic E-state index is -3.45. The van der Waals surface area contributed by atoms with Gasteiger partial charge < -0.3 is 10.4 Å². The smallest absolute Gasteiger partial charge is 0.177 e. The van der Waals surface area contributed by atoms with Crippen LogP contribution in [-0.2, 0) is 9.84 Å². The van der Waals surface area contributed by atoms with Crippen molar-refractivity contribution in [2.75, 3.05) is 18.1 Å². The second-order valence-electron chi connectivity index (χ2n) is 4.80. The molecule has 0 radical (unpaired) electrons. The number of para-hydroxylation sites is 1. The first-order valence-electron chi connectivity index (χ1n) is 6.45. The summed E-state index contributed by atoms with van der Waals surface area (Å²) >= 11 is 0. The molecule has 2 aromatic carbocycles. The van der Waals surface area contributed by atoms with Crippen LogP contribution in [0.5, 0.6) is 0 Å². The summed E-state index contributed by atoms with van der Waals surface area (Å²) in [5.74, 6) is -1.71. The van der Waals surface area contributed by atoms with Crippen molar-refractivity contribution >= 4 is 15.5 Å². The van der Waals surface area contributed by atoms with E-state index in [1.807, 2.05) is 0 Å². The first-order chi connectivity index (χ1) is 10.3. The third kappa shape index (κ3) is 3.61. The van der Waals surface area contributed by atoms with Crippen molar-refractivity contribution in [3.63, 3.8) is 0 Å². The summed E-state index contributed by atoms with van der Waals surface area (Å²) in [6, 6.07) is 9.40. The van der Waals surface area contributed by atoms with Crippen molar-refractivity contribution in [2.45, 2.75) is 11.0 Å². The van der Waals surface area contributed by atoms with E-state index in [9.17, 15) is 22.3 Å². The molecule has 0 fully saturated rings. The molecule has 118 valence electrons. The SMILES string of the molecule is CS(=O)(=O)c1ccccc1NCC(O)c1c(F)cccc1F. The molecule has 2 rings (SSSR count). The van der Waals surface area contributed by atoms with Gasteiger partial charge in [-0.25, -0.2) is 17.2 Å². The van der Waals surface area contributed by atoms with Crippen molar-refractivity contribution in [3.05, 3.63) is 59.7 Å². The van der Waals surface area contributed by atoms with Gasteiger partial charge in [0.1, 0.15) is 17.7 Å². The van der Waals surface area contributed by atoms with Crippen molar-refractivity contribution < 1.29 is 22.3 Å². The van der Waals surface area contributed by atoms with Crippen molar-refractivity contribution in [3.8, 4) is 0 Å². The van der Waals surface area contributed by atoms with Gasteiger partial charge >= 0.3 is 0 Å². The number of sulfone groups is 1. The third-order valence-electron chi connectivity index (χ3n) is 3.11. The lowest BCUT2D eigenvalue weighted by molar-refractivity contribution is 0.181. The zero-order valence-corrected chi connectivity index (χ0v) is 12.6. The molecule has 0 aliphatic carbocycles. The first-order valence-corrected chi connectivity index (χ1v) is 8.35. The van der Waals surface area contributed by atoms with Crippen molar-refractivity contribution in [1.29, 1.82) is 0 Å². The van der Waals surface area contributed by atoms with Gasteiger partial charge in [-0.1, -0.05) is 18.2 Å². The summed E-state index contributed by atoms with van der Waals surface area (Å²) in [4.78, 5) is 0.0520. The van der Waals surface area contributed by atoms with Crippen LogP contribution in [-0.4, -0.2) is 26.3 Å². The number of aliphatic hydroxyl groups excluding tert-OH is 1. The summed E-state index contributed by atoms with van der Waals surface area (Å²) in [6.07, 6.45) is -0.394. The summed E-state index contributed by atoms with van der Waals surface area (Å²) in [6.45, 7) is -0.232. The molecule has 0 aromatic heterocycles. The standard InChI is InChI=1S/C15H15F2NO3S/c1-22(20,21)14-8-3-2-7-12(14)18-9-13(19)15-10(16)5-4-6-11(15)17/h2-8,13,18-19H,9H2,1H3. The Kier molecular flexibility index (Phi) is 4.77. The second-order valence-corrected chi connectivity index (χ2v) is 6.78. The van der Waals surface area contributed by atoms with Crippen LogP contribution < -0.4 is 5.32 Å². The van der Waals surface area contributed by atoms with Crippen LogP contribution in [0.1, 0.15) is 11.7 Å². The fraction of sp³-hybridized carbons (Fsp3) is 0.200. The van der Waals surface area contributed by atoms with E-state index in [4.69, 9.17) is 0 Å². The predicted octanol–water partition coefficient (Wildman–Crippen LogP) is 2.51. The maximum atomic E-state index is 13.6. The quantitative estimate of drug-likeness (QED) is 0.885. The molecule has 0 amide bonds. The van der Waals surface area contributed by atoms with E-state index >= 15 is 0 Å². The molecular weight excluding hydrogens is 312 g/mol. The summed E-state index contributed by atoms with van der Waals surface area (Å²) in [5.41, 5.74) is -0.187. The monoisotopic (exact) mass is 327 g/mol. The number of aliphatic hydroxyl groups is 1. The van der Waals surface area contributed by atoms with Gasteiger partial charge in [0, 0.05) is 12.8 Å². The number of hydrogen-bond acceptors (Lipinski definition) is 4. The molecular formula is C15H15F2NO3S. The fourth-order valence-corrected chi connectivity index (χ4v) is 2.94. The lowest BCUT2D eigenvalue weighted by Crippen LogP contribution is -2.16. The molecule has 0 aliphatic heterocycles. The van der Waals surface area contributed by atoms with Crippen LogP contribution in [0.2, 0.25) is 0 Å². The summed E-state index contributed by atoms with van der Waals surface area (Å²) in [5, 5.41) is 12.7. The van der Waals surface area contributed by atoms with E-state index in [0.717, 1.165) is 18.4 Å². The Hall–Kier alpha value is -1.99. The van der Waals surface area contributed by atoms with E-state index < -0.39 is 33.1 Å². The fourth-order valence-electron chi connectivity index (χ4n) is 2.07. The largest absolute Gasteiger partial charge is 0.386 e. The molecule has 0 spiro atoms. The highest BCUT2D eigenvalue weighted by Gasteiger charge is 2.19. The Balaban J connectivity index is 2.21. The minimum absolute atomic E-state index is 0.0520. The van der Waals surface area contributed by atoms with E-state index in [0.29, 0.717) is 0 Å². The van der Waals surface area contributed by atoms with Crippen molar-refractivity contribution in [2.24, 2.45) is 0 Å². The van der Waals surface area contributed by atoms with Gasteiger partial charge in [0.25, 0.3) is 0 Å². The van der Waals surface area contributed by atoms with Gasteiger partial charge in [0.05, 0.1) is 16.1 Å². The number of rotatable bonds is 5. The van der Waals surface area contributed by atoms with Crippen LogP contribution >= 0.6 is 0 Å². The van der Waals surface area contributed by atoms with Gasteiger partial charge in [0.15, 0.2) is 9.84 Å². The van der Waals surface area contributed by atoms with Crippen LogP contribution in [0.15, 0.2) is 47.4 Å². The summed E-state index contributed by atoms with van der Waals surface area (Å²) < 4.78 is 50.5. The normalized spacial score (nSPS) is 12.9. The Morgan fingerprint density at radius 2 is 1.68 bits per heavy atom. The Labute approximate surface area is 127 Å². The molecule has 0 saturated carbocycles. The van der Waals surface area contributed by atoms with Gasteiger partial charge in [-0.2, -0.15) is 0 Å². The second kappa shape index (κ2) is 6.41. The van der Waals surface area contributed by atoms with Crippen LogP contribution in [0, 0.1) is 11.6 Å². The molecule has 4 nitrogen and oxygen atoms in total. The highest BCUT2D eigenvalue weighted by molar-refractivity contribution is 7.90. The van der Waals surface area contributed by atoms with E-state index in [1.54, 1.807) is 12.1 Å². The molecule has 2 aromatic rings. The van der Waals surface area contributed by atoms with E-state index in [2.05, 4.69) is 5.32 Å². The zero-order chi connectivity index (χ0) is 16.3. The molecule has 0 saturated heterocycles. The molecule has 0 bridgehead atoms. The Morgan fingerprint density at radius 1 is 1.09 bits per heavy atom. The average molecular weight is 327 g/mol. The highest BCUT2D eigenvalue weighted by atomic mass is 32.2. The maximum absolute atomic E-state index is 13.6. The number of nitrogens with one attached hydrogen (secondary N) is 1. The lowest BCUT2D eigenvalue weighted by Gasteiger charge is -2.16. The third-order valence-corrected chi connectivity index (χ3v) is 4.26. The van der Waals surface area contributed by atoms with Crippen LogP contribution in [0.25, 0.3) is 0 Å². The molecule has 2 N–H and O–H groups in total. The van der Waals surface area contributed by atoms with Crippen LogP contribution in [0.3, 0.4) is 0 Å². The number of halogens is 2. The van der Waals surface area contributed by atoms with Gasteiger partial charge in [-0.05, 0) is 24.3 Å². The predicted molar refractivity (Wildman–Crippen MR) is 79.4 cm³/mol. The van der Waals surface area contributed by atoms with Gasteiger partial charge in [-0.15, -0.1) is 0 Å². The number of benzene rings is 2. The Morgan fingerprint density at radius 3 is 2.27 bits per heavy atom. The molecule has 0 heterocycles.